The number of carbonyl (C=O) groups is 2. The van der Waals surface area contributed by atoms with Crippen LogP contribution < -0.4 is 0 Å². The second-order valence-electron chi connectivity index (χ2n) is 10.2. The molecule has 5 rings (SSSR count). The van der Waals surface area contributed by atoms with Gasteiger partial charge in [-0.3, -0.25) is 14.5 Å². The third-order valence-electron chi connectivity index (χ3n) is 7.49. The zero-order valence-electron chi connectivity index (χ0n) is 22.1. The summed E-state index contributed by atoms with van der Waals surface area (Å²) < 4.78 is 7.17. The molecule has 0 saturated carbocycles. The lowest BCUT2D eigenvalue weighted by Crippen LogP contribution is -2.42. The number of ketones is 1. The number of aliphatic hydroxyl groups excluding tert-OH is 1. The largest absolute Gasteiger partial charge is 0.507 e. The quantitative estimate of drug-likeness (QED) is 0.291. The molecule has 2 aliphatic heterocycles. The van der Waals surface area contributed by atoms with Crippen molar-refractivity contribution in [1.82, 2.24) is 19.6 Å². The van der Waals surface area contributed by atoms with E-state index < -0.39 is 17.7 Å². The highest BCUT2D eigenvalue weighted by Crippen LogP contribution is 2.40. The predicted octanol–water partition coefficient (Wildman–Crippen LogP) is 4.06. The van der Waals surface area contributed by atoms with E-state index in [1.54, 1.807) is 15.8 Å². The molecule has 2 aliphatic rings. The summed E-state index contributed by atoms with van der Waals surface area (Å²) in [5.41, 5.74) is 4.02. The fourth-order valence-corrected chi connectivity index (χ4v) is 5.21. The van der Waals surface area contributed by atoms with Crippen molar-refractivity contribution >= 4 is 17.4 Å². The smallest absolute Gasteiger partial charge is 0.295 e. The third-order valence-corrected chi connectivity index (χ3v) is 7.49. The predicted molar refractivity (Wildman–Crippen MR) is 145 cm³/mol. The van der Waals surface area contributed by atoms with E-state index >= 15 is 0 Å². The van der Waals surface area contributed by atoms with Crippen LogP contribution in [0.1, 0.15) is 48.2 Å². The molecule has 0 unspecified atom stereocenters. The van der Waals surface area contributed by atoms with E-state index in [2.05, 4.69) is 23.8 Å². The molecule has 2 fully saturated rings. The summed E-state index contributed by atoms with van der Waals surface area (Å²) in [6.07, 6.45) is 1.55. The van der Waals surface area contributed by atoms with Crippen LogP contribution in [0.5, 0.6) is 0 Å². The maximum atomic E-state index is 13.5. The van der Waals surface area contributed by atoms with Gasteiger partial charge in [0.2, 0.25) is 0 Å². The number of hydrogen-bond donors (Lipinski definition) is 1. The Morgan fingerprint density at radius 1 is 1.03 bits per heavy atom. The molecule has 0 spiro atoms. The number of amides is 1. The molecule has 198 valence electrons. The Hall–Kier alpha value is -3.75. The SMILES string of the molecule is Cc1c(C(O)=C2C(=O)C(=O)N(CCN3CCOCC3)[C@@H]2c2ccc(C(C)C)cc2)cnn1-c1ccccc1. The van der Waals surface area contributed by atoms with E-state index in [9.17, 15) is 14.7 Å². The van der Waals surface area contributed by atoms with Gasteiger partial charge in [-0.1, -0.05) is 56.3 Å². The number of benzene rings is 2. The van der Waals surface area contributed by atoms with Gasteiger partial charge >= 0.3 is 0 Å². The van der Waals surface area contributed by atoms with Crippen LogP contribution in [0, 0.1) is 6.92 Å². The average molecular weight is 515 g/mol. The highest BCUT2D eigenvalue weighted by molar-refractivity contribution is 6.46. The van der Waals surface area contributed by atoms with Crippen molar-refractivity contribution in [3.05, 3.63) is 88.8 Å². The lowest BCUT2D eigenvalue weighted by molar-refractivity contribution is -0.140. The normalized spacial score (nSPS) is 20.0. The van der Waals surface area contributed by atoms with Crippen molar-refractivity contribution in [3.8, 4) is 5.69 Å². The Morgan fingerprint density at radius 2 is 1.71 bits per heavy atom. The number of carbonyl (C=O) groups excluding carboxylic acids is 2. The molecular formula is C30H34N4O4. The number of ether oxygens (including phenoxy) is 1. The second kappa shape index (κ2) is 10.9. The maximum absolute atomic E-state index is 13.5. The molecule has 1 atom stereocenters. The monoisotopic (exact) mass is 514 g/mol. The zero-order chi connectivity index (χ0) is 26.8. The molecule has 0 aliphatic carbocycles. The number of morpholine rings is 1. The van der Waals surface area contributed by atoms with Crippen LogP contribution in [0.4, 0.5) is 0 Å². The number of aromatic nitrogens is 2. The highest BCUT2D eigenvalue weighted by Gasteiger charge is 2.46. The minimum atomic E-state index is -0.684. The molecule has 1 aromatic heterocycles. The van der Waals surface area contributed by atoms with Gasteiger partial charge in [0, 0.05) is 26.2 Å². The van der Waals surface area contributed by atoms with Crippen molar-refractivity contribution in [1.29, 1.82) is 0 Å². The van der Waals surface area contributed by atoms with Crippen molar-refractivity contribution < 1.29 is 19.4 Å². The number of hydrogen-bond acceptors (Lipinski definition) is 6. The number of likely N-dealkylation sites (tertiary alicyclic amines) is 1. The lowest BCUT2D eigenvalue weighted by atomic mass is 9.93. The van der Waals surface area contributed by atoms with Crippen LogP contribution in [-0.4, -0.2) is 75.8 Å². The summed E-state index contributed by atoms with van der Waals surface area (Å²) in [4.78, 5) is 30.7. The van der Waals surface area contributed by atoms with E-state index in [1.807, 2.05) is 61.5 Å². The van der Waals surface area contributed by atoms with Crippen molar-refractivity contribution in [2.75, 3.05) is 39.4 Å². The Morgan fingerprint density at radius 3 is 2.37 bits per heavy atom. The summed E-state index contributed by atoms with van der Waals surface area (Å²) in [6, 6.07) is 16.9. The summed E-state index contributed by atoms with van der Waals surface area (Å²) in [6.45, 7) is 9.98. The molecule has 0 radical (unpaired) electrons. The molecule has 8 nitrogen and oxygen atoms in total. The molecule has 8 heteroatoms. The molecule has 1 amide bonds. The third kappa shape index (κ3) is 4.89. The Bertz CT molecular complexity index is 1340. The van der Waals surface area contributed by atoms with Crippen LogP contribution in [0.2, 0.25) is 0 Å². The number of Topliss-reactive ketones (excluding diaryl/α,β-unsaturated/α-hetero) is 1. The Labute approximate surface area is 223 Å². The minimum absolute atomic E-state index is 0.102. The lowest BCUT2D eigenvalue weighted by Gasteiger charge is -2.31. The van der Waals surface area contributed by atoms with E-state index in [4.69, 9.17) is 4.74 Å². The van der Waals surface area contributed by atoms with Gasteiger partial charge in [0.1, 0.15) is 5.76 Å². The highest BCUT2D eigenvalue weighted by atomic mass is 16.5. The van der Waals surface area contributed by atoms with Crippen LogP contribution in [0.25, 0.3) is 11.4 Å². The Kier molecular flexibility index (Phi) is 7.44. The number of para-hydroxylation sites is 1. The second-order valence-corrected chi connectivity index (χ2v) is 10.2. The fourth-order valence-electron chi connectivity index (χ4n) is 5.21. The standard InChI is InChI=1S/C30H34N4O4/c1-20(2)22-9-11-23(12-10-22)27-26(29(36)30(37)33(27)14-13-32-15-17-38-18-16-32)28(35)25-19-31-34(21(25)3)24-7-5-4-6-8-24/h4-12,19-20,27,35H,13-18H2,1-3H3/t27-/m1/s1. The fraction of sp³-hybridized carbons (Fsp3) is 0.367. The van der Waals surface area contributed by atoms with Gasteiger partial charge in [-0.05, 0) is 36.1 Å². The van der Waals surface area contributed by atoms with Crippen LogP contribution >= 0.6 is 0 Å². The molecule has 3 aromatic rings. The molecular weight excluding hydrogens is 480 g/mol. The summed E-state index contributed by atoms with van der Waals surface area (Å²) in [5.74, 6) is -1.11. The van der Waals surface area contributed by atoms with Gasteiger partial charge in [-0.25, -0.2) is 4.68 Å². The summed E-state index contributed by atoms with van der Waals surface area (Å²) >= 11 is 0. The van der Waals surface area contributed by atoms with Crippen LogP contribution in [-0.2, 0) is 14.3 Å². The topological polar surface area (TPSA) is 87.9 Å². The van der Waals surface area contributed by atoms with E-state index in [1.165, 1.54) is 5.56 Å². The molecule has 2 saturated heterocycles. The van der Waals surface area contributed by atoms with Gasteiger partial charge in [-0.15, -0.1) is 0 Å². The molecule has 38 heavy (non-hydrogen) atoms. The van der Waals surface area contributed by atoms with Gasteiger partial charge in [0.25, 0.3) is 11.7 Å². The molecule has 1 N–H and O–H groups in total. The van der Waals surface area contributed by atoms with Gasteiger partial charge in [-0.2, -0.15) is 5.10 Å². The van der Waals surface area contributed by atoms with Gasteiger partial charge in [0.05, 0.1) is 48.0 Å². The minimum Gasteiger partial charge on any atom is -0.507 e. The maximum Gasteiger partial charge on any atom is 0.295 e. The van der Waals surface area contributed by atoms with Gasteiger partial charge < -0.3 is 14.7 Å². The molecule has 2 aromatic carbocycles. The zero-order valence-corrected chi connectivity index (χ0v) is 22.1. The van der Waals surface area contributed by atoms with Gasteiger partial charge in [0.15, 0.2) is 0 Å². The first kappa shape index (κ1) is 25.9. The van der Waals surface area contributed by atoms with E-state index in [0.29, 0.717) is 43.5 Å². The van der Waals surface area contributed by atoms with Crippen molar-refractivity contribution in [2.24, 2.45) is 0 Å². The molecule has 0 bridgehead atoms. The number of rotatable bonds is 7. The summed E-state index contributed by atoms with van der Waals surface area (Å²) in [7, 11) is 0. The van der Waals surface area contributed by atoms with Crippen LogP contribution in [0.3, 0.4) is 0 Å². The van der Waals surface area contributed by atoms with E-state index in [0.717, 1.165) is 24.3 Å². The van der Waals surface area contributed by atoms with Crippen molar-refractivity contribution in [3.63, 3.8) is 0 Å². The number of nitrogens with zero attached hydrogens (tertiary/aromatic N) is 4. The first-order valence-electron chi connectivity index (χ1n) is 13.2. The number of aliphatic hydroxyl groups is 1. The first-order chi connectivity index (χ1) is 18.4. The van der Waals surface area contributed by atoms with E-state index in [-0.39, 0.29) is 11.3 Å². The van der Waals surface area contributed by atoms with Crippen LogP contribution in [0.15, 0.2) is 66.4 Å². The summed E-state index contributed by atoms with van der Waals surface area (Å²) in [5, 5.41) is 16.0. The first-order valence-corrected chi connectivity index (χ1v) is 13.2. The molecule has 3 heterocycles. The van der Waals surface area contributed by atoms with Crippen molar-refractivity contribution in [2.45, 2.75) is 32.7 Å². The Balaban J connectivity index is 1.56. The average Bonchev–Trinajstić information content (AvgIpc) is 3.45.